The summed E-state index contributed by atoms with van der Waals surface area (Å²) in [4.78, 5) is 23.7. The third kappa shape index (κ3) is 3.27. The van der Waals surface area contributed by atoms with Gasteiger partial charge in [0.25, 0.3) is 11.6 Å². The van der Waals surface area contributed by atoms with E-state index in [2.05, 4.69) is 17.4 Å². The van der Waals surface area contributed by atoms with Crippen LogP contribution in [0.4, 0.5) is 11.4 Å². The van der Waals surface area contributed by atoms with Crippen LogP contribution in [-0.4, -0.2) is 25.1 Å². The van der Waals surface area contributed by atoms with Gasteiger partial charge in [-0.15, -0.1) is 0 Å². The molecule has 0 spiro atoms. The van der Waals surface area contributed by atoms with Gasteiger partial charge in [-0.1, -0.05) is 30.3 Å². The van der Waals surface area contributed by atoms with Crippen molar-refractivity contribution in [2.24, 2.45) is 0 Å². The van der Waals surface area contributed by atoms with Gasteiger partial charge in [0.05, 0.1) is 25.2 Å². The van der Waals surface area contributed by atoms with Gasteiger partial charge in [0.2, 0.25) is 0 Å². The number of amides is 1. The van der Waals surface area contributed by atoms with Crippen LogP contribution < -0.4 is 14.8 Å². The van der Waals surface area contributed by atoms with Crippen molar-refractivity contribution in [2.75, 3.05) is 19.5 Å². The molecule has 29 heavy (non-hydrogen) atoms. The summed E-state index contributed by atoms with van der Waals surface area (Å²) in [6, 6.07) is 16.3. The number of carbonyl (C=O) groups is 1. The van der Waals surface area contributed by atoms with E-state index in [0.717, 1.165) is 17.5 Å². The Kier molecular flexibility index (Phi) is 4.64. The van der Waals surface area contributed by atoms with Crippen molar-refractivity contribution in [3.63, 3.8) is 0 Å². The first-order valence-corrected chi connectivity index (χ1v) is 8.94. The zero-order valence-corrected chi connectivity index (χ0v) is 15.9. The maximum Gasteiger partial charge on any atom is 0.286 e. The predicted octanol–water partition coefficient (Wildman–Crippen LogP) is 4.44. The standard InChI is InChI=1S/C22H18N2O5/c1-28-20-11-18(19(24(26)27)12-21(20)29-2)22(25)23-15-7-8-17-14(10-15)9-13-5-3-4-6-16(13)17/h3-8,10-12H,9H2,1-2H3,(H,23,25). The molecule has 0 heterocycles. The van der Waals surface area contributed by atoms with Crippen molar-refractivity contribution in [3.05, 3.63) is 81.4 Å². The topological polar surface area (TPSA) is 90.7 Å². The lowest BCUT2D eigenvalue weighted by Crippen LogP contribution is -2.14. The second-order valence-corrected chi connectivity index (χ2v) is 6.64. The Morgan fingerprint density at radius 2 is 1.66 bits per heavy atom. The number of hydrogen-bond donors (Lipinski definition) is 1. The highest BCUT2D eigenvalue weighted by Crippen LogP contribution is 2.38. The summed E-state index contributed by atoms with van der Waals surface area (Å²) in [6.07, 6.45) is 0.783. The molecule has 1 amide bonds. The fourth-order valence-corrected chi connectivity index (χ4v) is 3.62. The second kappa shape index (κ2) is 7.27. The fourth-order valence-electron chi connectivity index (χ4n) is 3.62. The molecule has 0 unspecified atom stereocenters. The van der Waals surface area contributed by atoms with Gasteiger partial charge in [0.15, 0.2) is 11.5 Å². The van der Waals surface area contributed by atoms with Crippen molar-refractivity contribution >= 4 is 17.3 Å². The molecular formula is C22H18N2O5. The predicted molar refractivity (Wildman–Crippen MR) is 109 cm³/mol. The molecule has 0 radical (unpaired) electrons. The summed E-state index contributed by atoms with van der Waals surface area (Å²) in [5, 5.41) is 14.2. The molecule has 0 saturated heterocycles. The number of hydrogen-bond acceptors (Lipinski definition) is 5. The zero-order valence-electron chi connectivity index (χ0n) is 15.9. The molecule has 0 atom stereocenters. The smallest absolute Gasteiger partial charge is 0.286 e. The van der Waals surface area contributed by atoms with E-state index in [-0.39, 0.29) is 22.7 Å². The number of nitrogens with one attached hydrogen (secondary N) is 1. The number of benzene rings is 3. The fraction of sp³-hybridized carbons (Fsp3) is 0.136. The number of anilines is 1. The van der Waals surface area contributed by atoms with Gasteiger partial charge in [-0.25, -0.2) is 0 Å². The first-order chi connectivity index (χ1) is 14.0. The molecule has 3 aromatic rings. The highest BCUT2D eigenvalue weighted by atomic mass is 16.6. The van der Waals surface area contributed by atoms with Gasteiger partial charge in [-0.05, 0) is 40.8 Å². The Balaban J connectivity index is 1.65. The molecule has 146 valence electrons. The van der Waals surface area contributed by atoms with Crippen LogP contribution in [0.25, 0.3) is 11.1 Å². The van der Waals surface area contributed by atoms with E-state index in [9.17, 15) is 14.9 Å². The number of nitro groups is 1. The SMILES string of the molecule is COc1cc(C(=O)Nc2ccc3c(c2)Cc2ccccc2-3)c([N+](=O)[O-])cc1OC. The van der Waals surface area contributed by atoms with Gasteiger partial charge in [0, 0.05) is 11.8 Å². The maximum atomic E-state index is 12.8. The Labute approximate surface area is 167 Å². The lowest BCUT2D eigenvalue weighted by atomic mass is 10.1. The molecule has 0 aliphatic heterocycles. The molecule has 1 aliphatic rings. The van der Waals surface area contributed by atoms with Gasteiger partial charge in [-0.2, -0.15) is 0 Å². The number of nitro benzene ring substituents is 1. The third-order valence-electron chi connectivity index (χ3n) is 4.99. The molecule has 4 rings (SSSR count). The van der Waals surface area contributed by atoms with E-state index in [1.54, 1.807) is 6.07 Å². The molecule has 7 nitrogen and oxygen atoms in total. The lowest BCUT2D eigenvalue weighted by Gasteiger charge is -2.11. The monoisotopic (exact) mass is 390 g/mol. The first kappa shape index (κ1) is 18.5. The molecule has 3 aromatic carbocycles. The average molecular weight is 390 g/mol. The summed E-state index contributed by atoms with van der Waals surface area (Å²) in [7, 11) is 2.79. The molecule has 0 bridgehead atoms. The Bertz CT molecular complexity index is 1140. The molecule has 0 saturated carbocycles. The van der Waals surface area contributed by atoms with Crippen molar-refractivity contribution < 1.29 is 19.2 Å². The number of fused-ring (bicyclic) bond motifs is 3. The quantitative estimate of drug-likeness (QED) is 0.402. The number of nitrogens with zero attached hydrogens (tertiary/aromatic N) is 1. The van der Waals surface area contributed by atoms with E-state index in [0.29, 0.717) is 5.69 Å². The molecule has 1 N–H and O–H groups in total. The molecule has 1 aliphatic carbocycles. The highest BCUT2D eigenvalue weighted by molar-refractivity contribution is 6.07. The van der Waals surface area contributed by atoms with Gasteiger partial charge < -0.3 is 14.8 Å². The average Bonchev–Trinajstić information content (AvgIpc) is 3.10. The molecule has 0 fully saturated rings. The summed E-state index contributed by atoms with van der Waals surface area (Å²) in [5.41, 5.74) is 4.79. The number of carbonyl (C=O) groups excluding carboxylic acids is 1. The van der Waals surface area contributed by atoms with Crippen LogP contribution in [0, 0.1) is 10.1 Å². The highest BCUT2D eigenvalue weighted by Gasteiger charge is 2.25. The molecule has 7 heteroatoms. The summed E-state index contributed by atoms with van der Waals surface area (Å²) >= 11 is 0. The number of ether oxygens (including phenoxy) is 2. The summed E-state index contributed by atoms with van der Waals surface area (Å²) < 4.78 is 10.3. The minimum absolute atomic E-state index is 0.101. The van der Waals surface area contributed by atoms with Crippen LogP contribution in [0.1, 0.15) is 21.5 Å². The largest absolute Gasteiger partial charge is 0.493 e. The van der Waals surface area contributed by atoms with Crippen molar-refractivity contribution in [1.29, 1.82) is 0 Å². The lowest BCUT2D eigenvalue weighted by molar-refractivity contribution is -0.385. The molecule has 0 aromatic heterocycles. The Hall–Kier alpha value is -3.87. The summed E-state index contributed by atoms with van der Waals surface area (Å²) in [5.74, 6) is -0.160. The van der Waals surface area contributed by atoms with Gasteiger partial charge >= 0.3 is 0 Å². The van der Waals surface area contributed by atoms with Crippen LogP contribution in [0.15, 0.2) is 54.6 Å². The van der Waals surface area contributed by atoms with E-state index in [4.69, 9.17) is 9.47 Å². The number of methoxy groups -OCH3 is 2. The van der Waals surface area contributed by atoms with Crippen molar-refractivity contribution in [3.8, 4) is 22.6 Å². The Morgan fingerprint density at radius 1 is 0.966 bits per heavy atom. The molecular weight excluding hydrogens is 372 g/mol. The van der Waals surface area contributed by atoms with E-state index in [1.807, 2.05) is 24.3 Å². The second-order valence-electron chi connectivity index (χ2n) is 6.64. The van der Waals surface area contributed by atoms with Crippen LogP contribution in [-0.2, 0) is 6.42 Å². The first-order valence-electron chi connectivity index (χ1n) is 8.94. The minimum Gasteiger partial charge on any atom is -0.493 e. The van der Waals surface area contributed by atoms with Gasteiger partial charge in [0.1, 0.15) is 5.56 Å². The third-order valence-corrected chi connectivity index (χ3v) is 4.99. The normalized spacial score (nSPS) is 11.4. The van der Waals surface area contributed by atoms with Crippen LogP contribution >= 0.6 is 0 Å². The van der Waals surface area contributed by atoms with E-state index >= 15 is 0 Å². The Morgan fingerprint density at radius 3 is 2.38 bits per heavy atom. The summed E-state index contributed by atoms with van der Waals surface area (Å²) in [6.45, 7) is 0. The van der Waals surface area contributed by atoms with Crippen LogP contribution in [0.2, 0.25) is 0 Å². The van der Waals surface area contributed by atoms with Crippen molar-refractivity contribution in [1.82, 2.24) is 0 Å². The van der Waals surface area contributed by atoms with E-state index < -0.39 is 10.8 Å². The van der Waals surface area contributed by atoms with Crippen molar-refractivity contribution in [2.45, 2.75) is 6.42 Å². The van der Waals surface area contributed by atoms with E-state index in [1.165, 1.54) is 37.5 Å². The van der Waals surface area contributed by atoms with Crippen LogP contribution in [0.5, 0.6) is 11.5 Å². The maximum absolute atomic E-state index is 12.8. The zero-order chi connectivity index (χ0) is 20.5. The van der Waals surface area contributed by atoms with Crippen LogP contribution in [0.3, 0.4) is 0 Å². The van der Waals surface area contributed by atoms with Gasteiger partial charge in [-0.3, -0.25) is 14.9 Å². The number of rotatable bonds is 5. The minimum atomic E-state index is -0.615.